The second-order valence-corrected chi connectivity index (χ2v) is 4.80. The van der Waals surface area contributed by atoms with Gasteiger partial charge in [-0.2, -0.15) is 36.0 Å². The molecule has 0 bridgehead atoms. The van der Waals surface area contributed by atoms with Crippen molar-refractivity contribution in [2.24, 2.45) is 0 Å². The monoisotopic (exact) mass is 244 g/mol. The molecule has 86 valence electrons. The zero-order valence-corrected chi connectivity index (χ0v) is 6.92. The van der Waals surface area contributed by atoms with Gasteiger partial charge in [-0.25, -0.2) is 0 Å². The molecular formula is C4H2F6O3S-2. The molecule has 0 N–H and O–H groups in total. The van der Waals surface area contributed by atoms with Crippen LogP contribution in [0.3, 0.4) is 0 Å². The Morgan fingerprint density at radius 1 is 1.14 bits per heavy atom. The third kappa shape index (κ3) is 3.64. The predicted octanol–water partition coefficient (Wildman–Crippen LogP) is 1.66. The van der Waals surface area contributed by atoms with E-state index in [9.17, 15) is 39.7 Å². The van der Waals surface area contributed by atoms with Crippen LogP contribution in [0.1, 0.15) is 0 Å². The molecule has 0 rings (SSSR count). The quantitative estimate of drug-likeness (QED) is 0.694. The molecule has 0 aromatic rings. The van der Waals surface area contributed by atoms with Gasteiger partial charge in [0.15, 0.2) is 0 Å². The summed E-state index contributed by atoms with van der Waals surface area (Å²) in [7, 11) is -7.63. The average Bonchev–Trinajstić information content (AvgIpc) is 1.78. The van der Waals surface area contributed by atoms with Crippen LogP contribution in [0.15, 0.2) is 11.2 Å². The molecule has 0 aliphatic heterocycles. The molecule has 0 unspecified atom stereocenters. The van der Waals surface area contributed by atoms with Gasteiger partial charge in [-0.15, -0.1) is 0 Å². The maximum absolute atomic E-state index is 12.0. The molecule has 14 heavy (non-hydrogen) atoms. The minimum absolute atomic E-state index is 3.20. The fraction of sp³-hybridized carbons (Fsp3) is 0.500. The SMILES string of the molecule is O=S([O-])([O-])(CC(F)(F)F)C(F)=C(F)F. The van der Waals surface area contributed by atoms with E-state index in [0.717, 1.165) is 0 Å². The Kier molecular flexibility index (Phi) is 3.07. The lowest BCUT2D eigenvalue weighted by Gasteiger charge is -2.52. The van der Waals surface area contributed by atoms with Crippen LogP contribution in [0.4, 0.5) is 26.3 Å². The smallest absolute Gasteiger partial charge is 0.397 e. The van der Waals surface area contributed by atoms with Crippen molar-refractivity contribution in [3.8, 4) is 0 Å². The van der Waals surface area contributed by atoms with Crippen molar-refractivity contribution >= 4 is 9.63 Å². The highest BCUT2D eigenvalue weighted by Crippen LogP contribution is 2.37. The van der Waals surface area contributed by atoms with Gasteiger partial charge in [0.1, 0.15) is 0 Å². The first-order valence-electron chi connectivity index (χ1n) is 2.73. The molecule has 3 nitrogen and oxygen atoms in total. The van der Waals surface area contributed by atoms with E-state index >= 15 is 0 Å². The van der Waals surface area contributed by atoms with Gasteiger partial charge in [0, 0.05) is 0 Å². The molecule has 0 radical (unpaired) electrons. The van der Waals surface area contributed by atoms with Gasteiger partial charge in [-0.05, 0) is 0 Å². The van der Waals surface area contributed by atoms with E-state index < -0.39 is 32.8 Å². The molecule has 0 aromatic carbocycles. The zero-order chi connectivity index (χ0) is 11.8. The lowest BCUT2D eigenvalue weighted by atomic mass is 10.8. The van der Waals surface area contributed by atoms with Gasteiger partial charge >= 0.3 is 12.3 Å². The van der Waals surface area contributed by atoms with Crippen molar-refractivity contribution in [1.82, 2.24) is 0 Å². The van der Waals surface area contributed by atoms with Gasteiger partial charge in [-0.1, -0.05) is 0 Å². The summed E-state index contributed by atoms with van der Waals surface area (Å²) in [5.74, 6) is -3.20. The molecule has 0 aliphatic carbocycles. The molecule has 0 aliphatic rings. The molecule has 0 amide bonds. The summed E-state index contributed by atoms with van der Waals surface area (Å²) >= 11 is 0. The summed E-state index contributed by atoms with van der Waals surface area (Å²) in [6.45, 7) is 0. The number of hydrogen-bond acceptors (Lipinski definition) is 3. The Morgan fingerprint density at radius 2 is 1.50 bits per heavy atom. The second kappa shape index (κ2) is 3.21. The fourth-order valence-electron chi connectivity index (χ4n) is 0.495. The minimum Gasteiger partial charge on any atom is -0.793 e. The topological polar surface area (TPSA) is 63.2 Å². The summed E-state index contributed by atoms with van der Waals surface area (Å²) < 4.78 is 99.4. The summed E-state index contributed by atoms with van der Waals surface area (Å²) in [6.07, 6.45) is -9.18. The molecular weight excluding hydrogens is 242 g/mol. The molecule has 0 heterocycles. The van der Waals surface area contributed by atoms with E-state index in [1.807, 2.05) is 0 Å². The number of halogens is 6. The van der Waals surface area contributed by atoms with E-state index in [-0.39, 0.29) is 0 Å². The van der Waals surface area contributed by atoms with Crippen LogP contribution < -0.4 is 0 Å². The zero-order valence-electron chi connectivity index (χ0n) is 6.11. The third-order valence-corrected chi connectivity index (χ3v) is 2.58. The minimum atomic E-state index is -7.63. The predicted molar refractivity (Wildman–Crippen MR) is 31.0 cm³/mol. The van der Waals surface area contributed by atoms with Crippen molar-refractivity contribution in [2.75, 3.05) is 5.75 Å². The van der Waals surface area contributed by atoms with Crippen molar-refractivity contribution in [1.29, 1.82) is 0 Å². The van der Waals surface area contributed by atoms with Crippen LogP contribution in [0.2, 0.25) is 0 Å². The molecule has 0 saturated heterocycles. The molecule has 0 fully saturated rings. The number of alkyl halides is 3. The number of hydrogen-bond donors (Lipinski definition) is 0. The lowest BCUT2D eigenvalue weighted by molar-refractivity contribution is -0.109. The summed E-state index contributed by atoms with van der Waals surface area (Å²) in [4.78, 5) is 0. The van der Waals surface area contributed by atoms with Crippen molar-refractivity contribution in [3.05, 3.63) is 11.2 Å². The first-order chi connectivity index (χ1) is 5.84. The average molecular weight is 244 g/mol. The summed E-state index contributed by atoms with van der Waals surface area (Å²) in [6, 6.07) is 0. The fourth-order valence-corrected chi connectivity index (χ4v) is 1.48. The third-order valence-electron chi connectivity index (χ3n) is 0.907. The standard InChI is InChI=1S/C4H4F6O3S/c5-2(6)3(7)14(11,12,13)1-4(8,9)10/h1H2,(H2,11,12,13)/p-2. The van der Waals surface area contributed by atoms with Gasteiger partial charge < -0.3 is 13.3 Å². The lowest BCUT2D eigenvalue weighted by Crippen LogP contribution is -2.43. The van der Waals surface area contributed by atoms with Crippen molar-refractivity contribution < 1.29 is 39.7 Å². The normalized spacial score (nSPS) is 15.9. The first kappa shape index (κ1) is 13.4. The maximum atomic E-state index is 12.0. The van der Waals surface area contributed by atoms with Crippen LogP contribution >= 0.6 is 0 Å². The maximum Gasteiger partial charge on any atom is 0.397 e. The summed E-state index contributed by atoms with van der Waals surface area (Å²) in [5, 5.41) is -3.58. The highest BCUT2D eigenvalue weighted by atomic mass is 32.3. The van der Waals surface area contributed by atoms with Gasteiger partial charge in [0.05, 0.1) is 5.75 Å². The van der Waals surface area contributed by atoms with Crippen molar-refractivity contribution in [2.45, 2.75) is 6.18 Å². The first-order valence-corrected chi connectivity index (χ1v) is 4.72. The number of sulfone groups is 3. The molecule has 0 saturated carbocycles. The molecule has 0 aromatic heterocycles. The Hall–Kier alpha value is -0.610. The van der Waals surface area contributed by atoms with Crippen LogP contribution in [-0.4, -0.2) is 25.2 Å². The highest BCUT2D eigenvalue weighted by molar-refractivity contribution is 8.13. The second-order valence-electron chi connectivity index (χ2n) is 2.25. The van der Waals surface area contributed by atoms with E-state index in [1.165, 1.54) is 0 Å². The summed E-state index contributed by atoms with van der Waals surface area (Å²) in [5.41, 5.74) is 0. The molecule has 0 spiro atoms. The van der Waals surface area contributed by atoms with E-state index in [4.69, 9.17) is 0 Å². The Labute approximate surface area is 73.5 Å². The van der Waals surface area contributed by atoms with Gasteiger partial charge in [0.2, 0.25) is 5.16 Å². The largest absolute Gasteiger partial charge is 0.793 e. The van der Waals surface area contributed by atoms with E-state index in [2.05, 4.69) is 0 Å². The Morgan fingerprint density at radius 3 is 1.71 bits per heavy atom. The molecule has 10 heteroatoms. The van der Waals surface area contributed by atoms with Crippen molar-refractivity contribution in [3.63, 3.8) is 0 Å². The van der Waals surface area contributed by atoms with Gasteiger partial charge in [-0.3, -0.25) is 0 Å². The van der Waals surface area contributed by atoms with E-state index in [0.29, 0.717) is 0 Å². The van der Waals surface area contributed by atoms with Crippen LogP contribution in [-0.2, 0) is 9.63 Å². The Balaban J connectivity index is 5.30. The highest BCUT2D eigenvalue weighted by Gasteiger charge is 2.38. The van der Waals surface area contributed by atoms with Crippen LogP contribution in [0, 0.1) is 0 Å². The van der Waals surface area contributed by atoms with Crippen LogP contribution in [0.5, 0.6) is 0 Å². The van der Waals surface area contributed by atoms with Crippen LogP contribution in [0.25, 0.3) is 0 Å². The van der Waals surface area contributed by atoms with Gasteiger partial charge in [0.25, 0.3) is 0 Å². The Bertz CT molecular complexity index is 320. The van der Waals surface area contributed by atoms with E-state index in [1.54, 1.807) is 0 Å². The number of rotatable bonds is 2. The molecule has 0 atom stereocenters.